The van der Waals surface area contributed by atoms with E-state index in [0.717, 1.165) is 17.3 Å². The summed E-state index contributed by atoms with van der Waals surface area (Å²) >= 11 is 0. The van der Waals surface area contributed by atoms with E-state index in [9.17, 15) is 14.7 Å². The summed E-state index contributed by atoms with van der Waals surface area (Å²) in [5.41, 5.74) is 0.568. The number of nitrogens with zero attached hydrogens (tertiary/aromatic N) is 1. The van der Waals surface area contributed by atoms with Crippen LogP contribution in [-0.2, 0) is 0 Å². The van der Waals surface area contributed by atoms with Crippen molar-refractivity contribution in [2.75, 3.05) is 13.1 Å². The summed E-state index contributed by atoms with van der Waals surface area (Å²) in [4.78, 5) is 29.1. The van der Waals surface area contributed by atoms with Crippen molar-refractivity contribution in [2.45, 2.75) is 12.5 Å². The number of aromatic amines is 1. The number of hydrogen-bond donors (Lipinski definition) is 2. The number of amides is 1. The van der Waals surface area contributed by atoms with Crippen LogP contribution >= 0.6 is 0 Å². The van der Waals surface area contributed by atoms with Crippen molar-refractivity contribution >= 4 is 16.8 Å². The van der Waals surface area contributed by atoms with Gasteiger partial charge in [-0.15, -0.1) is 0 Å². The number of likely N-dealkylation sites (tertiary alicyclic amines) is 1. The number of H-pyrrole nitrogens is 1. The Kier molecular flexibility index (Phi) is 2.65. The number of pyridine rings is 1. The molecule has 0 bridgehead atoms. The zero-order valence-electron chi connectivity index (χ0n) is 11.5. The molecule has 2 N–H and O–H groups in total. The van der Waals surface area contributed by atoms with Crippen molar-refractivity contribution in [3.63, 3.8) is 0 Å². The molecule has 5 nitrogen and oxygen atoms in total. The maximum Gasteiger partial charge on any atom is 0.261 e. The number of nitrogens with one attached hydrogen (secondary N) is 1. The Balaban J connectivity index is 1.68. The second-order valence-corrected chi connectivity index (χ2v) is 6.04. The van der Waals surface area contributed by atoms with Gasteiger partial charge >= 0.3 is 0 Å². The standard InChI is InChI=1S/C16H16N2O3/c19-14-6-10-7-18(8-12(10)14)16(21)11-5-9-3-1-2-4-13(9)17-15(11)20/h1-5,10,12,14,19H,6-8H2,(H,17,20). The van der Waals surface area contributed by atoms with E-state index in [1.54, 1.807) is 11.0 Å². The molecule has 3 atom stereocenters. The maximum atomic E-state index is 12.6. The molecular weight excluding hydrogens is 268 g/mol. The molecule has 1 aromatic heterocycles. The third-order valence-corrected chi connectivity index (χ3v) is 4.80. The minimum Gasteiger partial charge on any atom is -0.393 e. The maximum absolute atomic E-state index is 12.6. The van der Waals surface area contributed by atoms with E-state index in [-0.39, 0.29) is 29.1 Å². The molecule has 21 heavy (non-hydrogen) atoms. The van der Waals surface area contributed by atoms with Crippen molar-refractivity contribution in [1.82, 2.24) is 9.88 Å². The summed E-state index contributed by atoms with van der Waals surface area (Å²) in [6, 6.07) is 9.07. The number of hydrogen-bond acceptors (Lipinski definition) is 3. The van der Waals surface area contributed by atoms with Crippen molar-refractivity contribution < 1.29 is 9.90 Å². The number of rotatable bonds is 1. The molecule has 0 radical (unpaired) electrons. The number of carbonyl (C=O) groups is 1. The Labute approximate surface area is 121 Å². The fourth-order valence-corrected chi connectivity index (χ4v) is 3.51. The van der Waals surface area contributed by atoms with E-state index in [1.165, 1.54) is 0 Å². The lowest BCUT2D eigenvalue weighted by molar-refractivity contribution is -0.00427. The van der Waals surface area contributed by atoms with Gasteiger partial charge in [0.2, 0.25) is 0 Å². The number of aliphatic hydroxyl groups excluding tert-OH is 1. The van der Waals surface area contributed by atoms with Crippen LogP contribution in [-0.4, -0.2) is 40.1 Å². The Hall–Kier alpha value is -2.14. The molecule has 1 aromatic carbocycles. The summed E-state index contributed by atoms with van der Waals surface area (Å²) in [6.07, 6.45) is 0.477. The number of carbonyl (C=O) groups excluding carboxylic acids is 1. The number of para-hydroxylation sites is 1. The van der Waals surface area contributed by atoms with Gasteiger partial charge < -0.3 is 15.0 Å². The van der Waals surface area contributed by atoms with Gasteiger partial charge in [-0.1, -0.05) is 18.2 Å². The largest absolute Gasteiger partial charge is 0.393 e. The van der Waals surface area contributed by atoms with Gasteiger partial charge in [-0.2, -0.15) is 0 Å². The zero-order chi connectivity index (χ0) is 14.6. The molecule has 1 amide bonds. The number of aromatic nitrogens is 1. The second kappa shape index (κ2) is 4.43. The highest BCUT2D eigenvalue weighted by molar-refractivity contribution is 5.97. The highest BCUT2D eigenvalue weighted by atomic mass is 16.3. The summed E-state index contributed by atoms with van der Waals surface area (Å²) in [5, 5.41) is 10.5. The van der Waals surface area contributed by atoms with Crippen molar-refractivity contribution in [2.24, 2.45) is 11.8 Å². The van der Waals surface area contributed by atoms with E-state index in [1.807, 2.05) is 24.3 Å². The zero-order valence-corrected chi connectivity index (χ0v) is 11.5. The van der Waals surface area contributed by atoms with Crippen LogP contribution < -0.4 is 5.56 Å². The van der Waals surface area contributed by atoms with Crippen LogP contribution in [0.5, 0.6) is 0 Å². The molecule has 1 saturated heterocycles. The summed E-state index contributed by atoms with van der Waals surface area (Å²) in [5.74, 6) is 0.348. The van der Waals surface area contributed by atoms with Gasteiger partial charge in [-0.05, 0) is 29.9 Å². The van der Waals surface area contributed by atoms with Crippen LogP contribution in [0.25, 0.3) is 10.9 Å². The normalized spacial score (nSPS) is 27.5. The van der Waals surface area contributed by atoms with Crippen LogP contribution in [0, 0.1) is 11.8 Å². The Bertz CT molecular complexity index is 782. The Morgan fingerprint density at radius 1 is 1.29 bits per heavy atom. The van der Waals surface area contributed by atoms with Gasteiger partial charge in [-0.25, -0.2) is 0 Å². The number of aliphatic hydroxyl groups is 1. The van der Waals surface area contributed by atoms with Crippen molar-refractivity contribution in [1.29, 1.82) is 0 Å². The Morgan fingerprint density at radius 3 is 2.86 bits per heavy atom. The molecule has 108 valence electrons. The lowest BCUT2D eigenvalue weighted by Crippen LogP contribution is -2.40. The smallest absolute Gasteiger partial charge is 0.261 e. The quantitative estimate of drug-likeness (QED) is 0.820. The van der Waals surface area contributed by atoms with E-state index >= 15 is 0 Å². The molecule has 4 rings (SSSR count). The first-order valence-electron chi connectivity index (χ1n) is 7.23. The minimum atomic E-state index is -0.349. The Morgan fingerprint density at radius 2 is 2.10 bits per heavy atom. The minimum absolute atomic E-state index is 0.185. The number of fused-ring (bicyclic) bond motifs is 2. The van der Waals surface area contributed by atoms with Gasteiger partial charge in [0.05, 0.1) is 6.10 Å². The van der Waals surface area contributed by atoms with Crippen LogP contribution in [0.3, 0.4) is 0 Å². The molecule has 1 saturated carbocycles. The number of benzene rings is 1. The van der Waals surface area contributed by atoms with E-state index in [2.05, 4.69) is 4.98 Å². The summed E-state index contributed by atoms with van der Waals surface area (Å²) in [7, 11) is 0. The first-order valence-corrected chi connectivity index (χ1v) is 7.23. The first-order chi connectivity index (χ1) is 10.1. The highest BCUT2D eigenvalue weighted by Gasteiger charge is 2.47. The fraction of sp³-hybridized carbons (Fsp3) is 0.375. The van der Waals surface area contributed by atoms with Crippen LogP contribution in [0.4, 0.5) is 0 Å². The third kappa shape index (κ3) is 1.88. The van der Waals surface area contributed by atoms with E-state index in [0.29, 0.717) is 19.0 Å². The van der Waals surface area contributed by atoms with Gasteiger partial charge in [0.1, 0.15) is 5.56 Å². The predicted octanol–water partition coefficient (Wildman–Crippen LogP) is 0.981. The molecule has 3 unspecified atom stereocenters. The molecule has 1 aliphatic carbocycles. The van der Waals surface area contributed by atoms with Crippen molar-refractivity contribution in [3.05, 3.63) is 46.2 Å². The average molecular weight is 284 g/mol. The lowest BCUT2D eigenvalue weighted by Gasteiger charge is -2.34. The van der Waals surface area contributed by atoms with Gasteiger partial charge in [0.15, 0.2) is 0 Å². The molecule has 2 aromatic rings. The summed E-state index contributed by atoms with van der Waals surface area (Å²) in [6.45, 7) is 1.20. The monoisotopic (exact) mass is 284 g/mol. The predicted molar refractivity (Wildman–Crippen MR) is 78.1 cm³/mol. The van der Waals surface area contributed by atoms with Gasteiger partial charge in [0, 0.05) is 24.5 Å². The molecule has 5 heteroatoms. The molecular formula is C16H16N2O3. The second-order valence-electron chi connectivity index (χ2n) is 6.04. The molecule has 1 aliphatic heterocycles. The van der Waals surface area contributed by atoms with Gasteiger partial charge in [-0.3, -0.25) is 9.59 Å². The third-order valence-electron chi connectivity index (χ3n) is 4.80. The molecule has 0 spiro atoms. The highest BCUT2D eigenvalue weighted by Crippen LogP contribution is 2.41. The molecule has 2 fully saturated rings. The van der Waals surface area contributed by atoms with Crippen molar-refractivity contribution in [3.8, 4) is 0 Å². The SMILES string of the molecule is O=C(c1cc2ccccc2[nH]c1=O)N1CC2CC(O)C2C1. The van der Waals surface area contributed by atoms with Crippen LogP contribution in [0.15, 0.2) is 35.1 Å². The topological polar surface area (TPSA) is 73.4 Å². The fourth-order valence-electron chi connectivity index (χ4n) is 3.51. The summed E-state index contributed by atoms with van der Waals surface area (Å²) < 4.78 is 0. The average Bonchev–Trinajstić information content (AvgIpc) is 2.83. The van der Waals surface area contributed by atoms with Crippen LogP contribution in [0.1, 0.15) is 16.8 Å². The first kappa shape index (κ1) is 12.6. The van der Waals surface area contributed by atoms with E-state index in [4.69, 9.17) is 0 Å². The van der Waals surface area contributed by atoms with Crippen LogP contribution in [0.2, 0.25) is 0 Å². The molecule has 2 heterocycles. The molecule has 2 aliphatic rings. The van der Waals surface area contributed by atoms with Gasteiger partial charge in [0.25, 0.3) is 11.5 Å². The van der Waals surface area contributed by atoms with E-state index < -0.39 is 0 Å². The lowest BCUT2D eigenvalue weighted by atomic mass is 9.74.